The van der Waals surface area contributed by atoms with Crippen LogP contribution >= 0.6 is 0 Å². The number of hydrogen-bond donors (Lipinski definition) is 3. The molecule has 0 aliphatic heterocycles. The lowest BCUT2D eigenvalue weighted by Gasteiger charge is -2.10. The van der Waals surface area contributed by atoms with Gasteiger partial charge in [0.15, 0.2) is 0 Å². The van der Waals surface area contributed by atoms with Crippen molar-refractivity contribution in [1.29, 1.82) is 0 Å². The van der Waals surface area contributed by atoms with Gasteiger partial charge in [-0.25, -0.2) is 4.98 Å². The highest BCUT2D eigenvalue weighted by atomic mass is 16.2. The van der Waals surface area contributed by atoms with Gasteiger partial charge in [0.25, 0.3) is 5.91 Å². The Bertz CT molecular complexity index is 1030. The van der Waals surface area contributed by atoms with Crippen LogP contribution in [-0.4, -0.2) is 16.8 Å². The maximum atomic E-state index is 12.6. The number of rotatable bonds is 5. The van der Waals surface area contributed by atoms with Crippen molar-refractivity contribution in [3.05, 3.63) is 77.5 Å². The van der Waals surface area contributed by atoms with Gasteiger partial charge in [0.05, 0.1) is 0 Å². The standard InChI is InChI=1S/C22H22N4O2/c1-14-7-8-20(11-15(14)2)25-21-12-17(9-10-23-21)22(28)26-19-6-4-5-18(13-19)24-16(3)27/h4-13H,1-3H3,(H,23,25)(H,24,27)(H,26,28). The average molecular weight is 374 g/mol. The molecule has 0 radical (unpaired) electrons. The minimum absolute atomic E-state index is 0.167. The number of anilines is 4. The summed E-state index contributed by atoms with van der Waals surface area (Å²) in [6.07, 6.45) is 1.59. The Morgan fingerprint density at radius 1 is 0.821 bits per heavy atom. The van der Waals surface area contributed by atoms with E-state index in [2.05, 4.69) is 27.9 Å². The Kier molecular flexibility index (Phi) is 5.69. The number of carbonyl (C=O) groups excluding carboxylic acids is 2. The summed E-state index contributed by atoms with van der Waals surface area (Å²) in [6.45, 7) is 5.54. The van der Waals surface area contributed by atoms with E-state index < -0.39 is 0 Å². The first-order valence-electron chi connectivity index (χ1n) is 8.90. The number of nitrogens with one attached hydrogen (secondary N) is 3. The smallest absolute Gasteiger partial charge is 0.255 e. The second kappa shape index (κ2) is 8.35. The summed E-state index contributed by atoms with van der Waals surface area (Å²) in [7, 11) is 0. The normalized spacial score (nSPS) is 10.2. The molecule has 0 saturated carbocycles. The van der Waals surface area contributed by atoms with Crippen LogP contribution < -0.4 is 16.0 Å². The molecule has 0 aliphatic carbocycles. The molecule has 2 aromatic carbocycles. The number of nitrogens with zero attached hydrogens (tertiary/aromatic N) is 1. The molecule has 0 atom stereocenters. The number of amides is 2. The van der Waals surface area contributed by atoms with Gasteiger partial charge in [-0.3, -0.25) is 9.59 Å². The third-order valence-electron chi connectivity index (χ3n) is 4.24. The summed E-state index contributed by atoms with van der Waals surface area (Å²) in [5, 5.41) is 8.75. The van der Waals surface area contributed by atoms with Crippen LogP contribution in [0.4, 0.5) is 22.9 Å². The molecular formula is C22H22N4O2. The van der Waals surface area contributed by atoms with E-state index in [9.17, 15) is 9.59 Å². The zero-order valence-electron chi connectivity index (χ0n) is 16.0. The fourth-order valence-electron chi connectivity index (χ4n) is 2.69. The molecule has 0 fully saturated rings. The second-order valence-electron chi connectivity index (χ2n) is 6.57. The molecule has 0 bridgehead atoms. The third kappa shape index (κ3) is 4.94. The van der Waals surface area contributed by atoms with Crippen molar-refractivity contribution in [2.75, 3.05) is 16.0 Å². The molecule has 0 unspecified atom stereocenters. The van der Waals surface area contributed by atoms with Crippen LogP contribution in [0, 0.1) is 13.8 Å². The minimum atomic E-state index is -0.259. The number of aromatic nitrogens is 1. The summed E-state index contributed by atoms with van der Waals surface area (Å²) in [4.78, 5) is 28.1. The Balaban J connectivity index is 1.73. The van der Waals surface area contributed by atoms with Crippen molar-refractivity contribution in [2.45, 2.75) is 20.8 Å². The quantitative estimate of drug-likeness (QED) is 0.607. The number of carbonyl (C=O) groups is 2. The van der Waals surface area contributed by atoms with Crippen LogP contribution in [0.2, 0.25) is 0 Å². The third-order valence-corrected chi connectivity index (χ3v) is 4.24. The number of pyridine rings is 1. The summed E-state index contributed by atoms with van der Waals surface area (Å²) < 4.78 is 0. The molecule has 0 spiro atoms. The van der Waals surface area contributed by atoms with Crippen LogP contribution in [0.25, 0.3) is 0 Å². The summed E-state index contributed by atoms with van der Waals surface area (Å²) in [6, 6.07) is 16.4. The van der Waals surface area contributed by atoms with Crippen molar-refractivity contribution < 1.29 is 9.59 Å². The fourth-order valence-corrected chi connectivity index (χ4v) is 2.69. The average Bonchev–Trinajstić information content (AvgIpc) is 2.65. The Labute approximate surface area is 164 Å². The molecule has 3 N–H and O–H groups in total. The van der Waals surface area contributed by atoms with Gasteiger partial charge in [-0.1, -0.05) is 12.1 Å². The van der Waals surface area contributed by atoms with E-state index in [-0.39, 0.29) is 11.8 Å². The van der Waals surface area contributed by atoms with E-state index in [0.717, 1.165) is 5.69 Å². The summed E-state index contributed by atoms with van der Waals surface area (Å²) in [5.74, 6) is 0.160. The van der Waals surface area contributed by atoms with Crippen LogP contribution in [0.3, 0.4) is 0 Å². The Morgan fingerprint density at radius 2 is 1.57 bits per heavy atom. The first-order chi connectivity index (χ1) is 13.4. The van der Waals surface area contributed by atoms with Gasteiger partial charge >= 0.3 is 0 Å². The zero-order valence-corrected chi connectivity index (χ0v) is 16.0. The molecule has 142 valence electrons. The van der Waals surface area contributed by atoms with Crippen molar-refractivity contribution in [3.8, 4) is 0 Å². The van der Waals surface area contributed by atoms with Gasteiger partial charge in [-0.05, 0) is 67.4 Å². The first kappa shape index (κ1) is 19.1. The molecule has 1 heterocycles. The van der Waals surface area contributed by atoms with Crippen molar-refractivity contribution in [1.82, 2.24) is 4.98 Å². The largest absolute Gasteiger partial charge is 0.340 e. The van der Waals surface area contributed by atoms with E-state index in [1.165, 1.54) is 18.1 Å². The molecule has 3 aromatic rings. The topological polar surface area (TPSA) is 83.1 Å². The van der Waals surface area contributed by atoms with Crippen LogP contribution in [-0.2, 0) is 4.79 Å². The minimum Gasteiger partial charge on any atom is -0.340 e. The maximum absolute atomic E-state index is 12.6. The number of hydrogen-bond acceptors (Lipinski definition) is 4. The Hall–Kier alpha value is -3.67. The predicted molar refractivity (Wildman–Crippen MR) is 112 cm³/mol. The van der Waals surface area contributed by atoms with Crippen molar-refractivity contribution >= 4 is 34.7 Å². The molecule has 0 aliphatic rings. The van der Waals surface area contributed by atoms with Gasteiger partial charge < -0.3 is 16.0 Å². The second-order valence-corrected chi connectivity index (χ2v) is 6.57. The maximum Gasteiger partial charge on any atom is 0.255 e. The molecule has 6 heteroatoms. The van der Waals surface area contributed by atoms with Gasteiger partial charge in [0.2, 0.25) is 5.91 Å². The highest BCUT2D eigenvalue weighted by Gasteiger charge is 2.09. The van der Waals surface area contributed by atoms with E-state index in [1.807, 2.05) is 25.1 Å². The molecular weight excluding hydrogens is 352 g/mol. The molecule has 6 nitrogen and oxygen atoms in total. The number of aryl methyl sites for hydroxylation is 2. The van der Waals surface area contributed by atoms with Crippen LogP contribution in [0.5, 0.6) is 0 Å². The SMILES string of the molecule is CC(=O)Nc1cccc(NC(=O)c2ccnc(Nc3ccc(C)c(C)c3)c2)c1. The van der Waals surface area contributed by atoms with E-state index in [4.69, 9.17) is 0 Å². The number of benzene rings is 2. The Morgan fingerprint density at radius 3 is 2.29 bits per heavy atom. The molecule has 3 rings (SSSR count). The van der Waals surface area contributed by atoms with Gasteiger partial charge in [0, 0.05) is 35.7 Å². The molecule has 2 amide bonds. The summed E-state index contributed by atoms with van der Waals surface area (Å²) >= 11 is 0. The van der Waals surface area contributed by atoms with Gasteiger partial charge in [-0.2, -0.15) is 0 Å². The highest BCUT2D eigenvalue weighted by Crippen LogP contribution is 2.20. The van der Waals surface area contributed by atoms with Crippen LogP contribution in [0.15, 0.2) is 60.8 Å². The van der Waals surface area contributed by atoms with E-state index in [1.54, 1.807) is 42.6 Å². The van der Waals surface area contributed by atoms with E-state index in [0.29, 0.717) is 22.8 Å². The molecule has 1 aromatic heterocycles. The monoisotopic (exact) mass is 374 g/mol. The summed E-state index contributed by atoms with van der Waals surface area (Å²) in [5.41, 5.74) is 5.00. The van der Waals surface area contributed by atoms with Crippen molar-refractivity contribution in [3.63, 3.8) is 0 Å². The highest BCUT2D eigenvalue weighted by molar-refractivity contribution is 6.05. The van der Waals surface area contributed by atoms with Gasteiger partial charge in [0.1, 0.15) is 5.82 Å². The fraction of sp³-hybridized carbons (Fsp3) is 0.136. The predicted octanol–water partition coefficient (Wildman–Crippen LogP) is 4.65. The van der Waals surface area contributed by atoms with Gasteiger partial charge in [-0.15, -0.1) is 0 Å². The molecule has 0 saturated heterocycles. The van der Waals surface area contributed by atoms with Crippen molar-refractivity contribution in [2.24, 2.45) is 0 Å². The van der Waals surface area contributed by atoms with E-state index >= 15 is 0 Å². The molecule has 28 heavy (non-hydrogen) atoms. The lowest BCUT2D eigenvalue weighted by atomic mass is 10.1. The lowest BCUT2D eigenvalue weighted by molar-refractivity contribution is -0.114. The zero-order chi connectivity index (χ0) is 20.1. The lowest BCUT2D eigenvalue weighted by Crippen LogP contribution is -2.13. The van der Waals surface area contributed by atoms with Crippen LogP contribution in [0.1, 0.15) is 28.4 Å². The first-order valence-corrected chi connectivity index (χ1v) is 8.90.